The largest absolute Gasteiger partial charge is 0.480 e. The smallest absolute Gasteiger partial charge is 0.472 e. The lowest BCUT2D eigenvalue weighted by Crippen LogP contribution is -2.34. The summed E-state index contributed by atoms with van der Waals surface area (Å²) in [6.07, 6.45) is 46.8. The van der Waals surface area contributed by atoms with Gasteiger partial charge in [-0.3, -0.25) is 23.4 Å². The SMILES string of the molecule is CCCCC/C=C\C/C=C\C/C=C\C/C=C\CCCC(=O)OC[C@H](COP(=O)(O)OC[C@H](N)C(=O)O)OC(=O)CCC/C=C\C/C=C\C/C=C\C/C=C\[C@H](O)CCCC. The Morgan fingerprint density at radius 3 is 1.53 bits per heavy atom. The highest BCUT2D eigenvalue weighted by atomic mass is 31.2. The number of carbonyl (C=O) groups is 3. The molecule has 1 unspecified atom stereocenters. The average molecular weight is 848 g/mol. The second kappa shape index (κ2) is 39.8. The first kappa shape index (κ1) is 55.4. The van der Waals surface area contributed by atoms with Gasteiger partial charge >= 0.3 is 25.7 Å². The van der Waals surface area contributed by atoms with E-state index in [2.05, 4.69) is 79.1 Å². The molecule has 0 spiro atoms. The molecule has 0 aromatic rings. The molecule has 13 heteroatoms. The molecule has 0 heterocycles. The molecule has 5 N–H and O–H groups in total. The van der Waals surface area contributed by atoms with E-state index in [4.69, 9.17) is 24.8 Å². The number of ether oxygens (including phenoxy) is 2. The van der Waals surface area contributed by atoms with Gasteiger partial charge in [-0.05, 0) is 83.5 Å². The fourth-order valence-corrected chi connectivity index (χ4v) is 5.73. The number of esters is 2. The molecular formula is C46H74NO11P. The number of rotatable bonds is 38. The zero-order chi connectivity index (χ0) is 43.7. The van der Waals surface area contributed by atoms with Gasteiger partial charge in [0.15, 0.2) is 6.10 Å². The minimum atomic E-state index is -4.76. The third kappa shape index (κ3) is 39.6. The Kier molecular flexibility index (Phi) is 37.3. The predicted octanol–water partition coefficient (Wildman–Crippen LogP) is 10.2. The monoisotopic (exact) mass is 847 g/mol. The highest BCUT2D eigenvalue weighted by molar-refractivity contribution is 7.47. The number of hydrogen-bond acceptors (Lipinski definition) is 10. The Morgan fingerprint density at radius 2 is 1.03 bits per heavy atom. The van der Waals surface area contributed by atoms with Crippen molar-refractivity contribution in [2.45, 2.75) is 154 Å². The number of aliphatic hydroxyl groups excluding tert-OH is 1. The zero-order valence-electron chi connectivity index (χ0n) is 35.7. The molecule has 0 radical (unpaired) electrons. The molecule has 0 bridgehead atoms. The lowest BCUT2D eigenvalue weighted by atomic mass is 10.1. The lowest BCUT2D eigenvalue weighted by Gasteiger charge is -2.20. The summed E-state index contributed by atoms with van der Waals surface area (Å²) in [6.45, 7) is 2.47. The van der Waals surface area contributed by atoms with Gasteiger partial charge < -0.3 is 30.3 Å². The molecule has 0 saturated heterocycles. The highest BCUT2D eigenvalue weighted by Crippen LogP contribution is 2.43. The normalized spacial score (nSPS) is 15.2. The standard InChI is InChI=1S/C46H74NO11P/c1-3-5-7-8-9-10-11-12-13-14-15-16-20-23-26-29-32-36-44(49)55-38-42(39-56-59(53,54)57-40-43(47)46(51)52)58-45(50)37-33-30-27-24-21-18-17-19-22-25-28-31-35-41(48)34-6-4-2/h9-10,12-13,15-18,22-27,31,35,41-43,48H,3-8,11,14,19-21,28-30,32-34,36-40,47H2,1-2H3,(H,51,52)(H,53,54)/b10-9-,13-12-,16-15-,18-17-,25-22-,26-23-,27-24-,35-31-/t41-,42-,43+/m1/s1. The van der Waals surface area contributed by atoms with Gasteiger partial charge in [-0.1, -0.05) is 137 Å². The van der Waals surface area contributed by atoms with Crippen LogP contribution < -0.4 is 5.73 Å². The first-order valence-electron chi connectivity index (χ1n) is 21.4. The summed E-state index contributed by atoms with van der Waals surface area (Å²) in [5, 5.41) is 18.7. The van der Waals surface area contributed by atoms with Crippen molar-refractivity contribution in [3.05, 3.63) is 97.2 Å². The van der Waals surface area contributed by atoms with Gasteiger partial charge in [-0.2, -0.15) is 0 Å². The van der Waals surface area contributed by atoms with Crippen LogP contribution in [0, 0.1) is 0 Å². The number of carbonyl (C=O) groups excluding carboxylic acids is 2. The second-order valence-electron chi connectivity index (χ2n) is 13.9. The minimum Gasteiger partial charge on any atom is -0.480 e. The van der Waals surface area contributed by atoms with Crippen LogP contribution in [0.15, 0.2) is 97.2 Å². The number of nitrogens with two attached hydrogens (primary N) is 1. The Bertz CT molecular complexity index is 1380. The molecule has 0 fully saturated rings. The molecule has 0 aromatic carbocycles. The molecular weight excluding hydrogens is 773 g/mol. The fraction of sp³-hybridized carbons (Fsp3) is 0.587. The van der Waals surface area contributed by atoms with E-state index >= 15 is 0 Å². The maximum absolute atomic E-state index is 12.6. The molecule has 0 saturated carbocycles. The zero-order valence-corrected chi connectivity index (χ0v) is 36.6. The van der Waals surface area contributed by atoms with Crippen molar-refractivity contribution < 1.29 is 52.6 Å². The number of carboxylic acid groups (broad SMARTS) is 1. The van der Waals surface area contributed by atoms with E-state index < -0.39 is 57.7 Å². The van der Waals surface area contributed by atoms with Crippen LogP contribution in [0.25, 0.3) is 0 Å². The lowest BCUT2D eigenvalue weighted by molar-refractivity contribution is -0.161. The van der Waals surface area contributed by atoms with Gasteiger partial charge in [-0.15, -0.1) is 0 Å². The van der Waals surface area contributed by atoms with Crippen molar-refractivity contribution in [2.75, 3.05) is 19.8 Å². The fourth-order valence-electron chi connectivity index (χ4n) is 4.95. The van der Waals surface area contributed by atoms with E-state index in [9.17, 15) is 28.9 Å². The predicted molar refractivity (Wildman–Crippen MR) is 236 cm³/mol. The molecule has 0 aromatic heterocycles. The Balaban J connectivity index is 4.62. The van der Waals surface area contributed by atoms with Crippen LogP contribution in [-0.2, 0) is 37.5 Å². The van der Waals surface area contributed by atoms with Crippen LogP contribution in [0.2, 0.25) is 0 Å². The number of phosphoric ester groups is 1. The number of hydrogen-bond donors (Lipinski definition) is 4. The van der Waals surface area contributed by atoms with E-state index in [0.717, 1.165) is 64.2 Å². The molecule has 0 amide bonds. The first-order chi connectivity index (χ1) is 28.5. The van der Waals surface area contributed by atoms with Crippen molar-refractivity contribution in [3.8, 4) is 0 Å². The van der Waals surface area contributed by atoms with Gasteiger partial charge in [0.2, 0.25) is 0 Å². The molecule has 0 rings (SSSR count). The Morgan fingerprint density at radius 1 is 0.593 bits per heavy atom. The molecule has 334 valence electrons. The van der Waals surface area contributed by atoms with E-state index in [1.807, 2.05) is 36.5 Å². The number of carboxylic acids is 1. The maximum atomic E-state index is 12.6. The van der Waals surface area contributed by atoms with Crippen molar-refractivity contribution >= 4 is 25.7 Å². The van der Waals surface area contributed by atoms with Gasteiger partial charge in [0, 0.05) is 12.8 Å². The van der Waals surface area contributed by atoms with E-state index in [1.54, 1.807) is 0 Å². The van der Waals surface area contributed by atoms with E-state index in [-0.39, 0.29) is 18.9 Å². The van der Waals surface area contributed by atoms with Crippen molar-refractivity contribution in [1.82, 2.24) is 0 Å². The molecule has 12 nitrogen and oxygen atoms in total. The van der Waals surface area contributed by atoms with Crippen molar-refractivity contribution in [1.29, 1.82) is 0 Å². The summed E-state index contributed by atoms with van der Waals surface area (Å²) in [4.78, 5) is 45.9. The summed E-state index contributed by atoms with van der Waals surface area (Å²) < 4.78 is 32.5. The molecule has 0 aliphatic carbocycles. The Hall–Kier alpha value is -3.64. The number of allylic oxidation sites excluding steroid dienone is 15. The second-order valence-corrected chi connectivity index (χ2v) is 15.4. The highest BCUT2D eigenvalue weighted by Gasteiger charge is 2.28. The molecule has 59 heavy (non-hydrogen) atoms. The minimum absolute atomic E-state index is 0.0509. The number of aliphatic hydroxyl groups is 1. The van der Waals surface area contributed by atoms with Crippen LogP contribution >= 0.6 is 7.82 Å². The van der Waals surface area contributed by atoms with Gasteiger partial charge in [-0.25, -0.2) is 4.57 Å². The topological polar surface area (TPSA) is 192 Å². The quantitative estimate of drug-likeness (QED) is 0.0199. The van der Waals surface area contributed by atoms with Crippen LogP contribution in [-0.4, -0.2) is 71.1 Å². The summed E-state index contributed by atoms with van der Waals surface area (Å²) in [7, 11) is -4.76. The maximum Gasteiger partial charge on any atom is 0.472 e. The molecule has 0 aliphatic heterocycles. The summed E-state index contributed by atoms with van der Waals surface area (Å²) in [6, 6.07) is -1.55. The van der Waals surface area contributed by atoms with Gasteiger partial charge in [0.25, 0.3) is 0 Å². The summed E-state index contributed by atoms with van der Waals surface area (Å²) in [5.41, 5.74) is 5.32. The van der Waals surface area contributed by atoms with Crippen LogP contribution in [0.5, 0.6) is 0 Å². The van der Waals surface area contributed by atoms with E-state index in [1.165, 1.54) is 19.3 Å². The van der Waals surface area contributed by atoms with Gasteiger partial charge in [0.1, 0.15) is 12.6 Å². The Labute approximate surface area is 354 Å². The van der Waals surface area contributed by atoms with Crippen LogP contribution in [0.4, 0.5) is 0 Å². The summed E-state index contributed by atoms with van der Waals surface area (Å²) >= 11 is 0. The molecule has 0 aliphatic rings. The third-order valence-electron chi connectivity index (χ3n) is 8.38. The van der Waals surface area contributed by atoms with Crippen LogP contribution in [0.3, 0.4) is 0 Å². The third-order valence-corrected chi connectivity index (χ3v) is 9.33. The van der Waals surface area contributed by atoms with Crippen LogP contribution in [0.1, 0.15) is 136 Å². The van der Waals surface area contributed by atoms with Crippen molar-refractivity contribution in [3.63, 3.8) is 0 Å². The van der Waals surface area contributed by atoms with Gasteiger partial charge in [0.05, 0.1) is 19.3 Å². The average Bonchev–Trinajstić information content (AvgIpc) is 3.21. The number of unbranched alkanes of at least 4 members (excludes halogenated alkanes) is 6. The molecule has 4 atom stereocenters. The van der Waals surface area contributed by atoms with E-state index in [0.29, 0.717) is 25.7 Å². The number of aliphatic carboxylic acids is 1. The summed E-state index contributed by atoms with van der Waals surface area (Å²) in [5.74, 6) is -2.57. The van der Waals surface area contributed by atoms with Crippen molar-refractivity contribution in [2.24, 2.45) is 5.73 Å². The first-order valence-corrected chi connectivity index (χ1v) is 22.8. The number of phosphoric acid groups is 1.